The normalized spacial score (nSPS) is 10.7. The summed E-state index contributed by atoms with van der Waals surface area (Å²) in [6, 6.07) is 0. The van der Waals surface area contributed by atoms with Crippen molar-refractivity contribution in [2.75, 3.05) is 0 Å². The molecule has 0 amide bonds. The van der Waals surface area contributed by atoms with Gasteiger partial charge in [0.2, 0.25) is 0 Å². The number of pyridine rings is 1. The Morgan fingerprint density at radius 3 is 2.60 bits per heavy atom. The maximum Gasteiger partial charge on any atom is 0.300 e. The van der Waals surface area contributed by atoms with Crippen LogP contribution in [0.3, 0.4) is 0 Å². The molecule has 0 saturated carbocycles. The second kappa shape index (κ2) is 4.13. The van der Waals surface area contributed by atoms with Gasteiger partial charge in [-0.1, -0.05) is 0 Å². The van der Waals surface area contributed by atoms with Crippen LogP contribution in [0.4, 0.5) is 14.5 Å². The number of aliphatic hydroxyl groups is 1. The first-order valence-corrected chi connectivity index (χ1v) is 3.73. The lowest BCUT2D eigenvalue weighted by atomic mass is 10.1. The van der Waals surface area contributed by atoms with Crippen LogP contribution in [-0.2, 0) is 6.61 Å². The van der Waals surface area contributed by atoms with E-state index in [1.54, 1.807) is 0 Å². The van der Waals surface area contributed by atoms with Gasteiger partial charge >= 0.3 is 0 Å². The van der Waals surface area contributed by atoms with E-state index >= 15 is 0 Å². The van der Waals surface area contributed by atoms with Gasteiger partial charge in [-0.25, -0.2) is 13.8 Å². The van der Waals surface area contributed by atoms with Gasteiger partial charge in [-0.3, -0.25) is 10.1 Å². The zero-order valence-electron chi connectivity index (χ0n) is 7.22. The lowest BCUT2D eigenvalue weighted by Gasteiger charge is -2.06. The molecule has 82 valence electrons. The average Bonchev–Trinajstić information content (AvgIpc) is 2.16. The maximum absolute atomic E-state index is 12.4. The molecule has 1 rings (SSSR count). The molecule has 0 fully saturated rings. The predicted octanol–water partition coefficient (Wildman–Crippen LogP) is 1.13. The van der Waals surface area contributed by atoms with Crippen LogP contribution in [-0.4, -0.2) is 20.1 Å². The number of alkyl halides is 2. The first-order valence-electron chi connectivity index (χ1n) is 3.73. The van der Waals surface area contributed by atoms with E-state index in [1.165, 1.54) is 0 Å². The summed E-state index contributed by atoms with van der Waals surface area (Å²) in [4.78, 5) is 12.5. The van der Waals surface area contributed by atoms with Gasteiger partial charge < -0.3 is 10.2 Å². The van der Waals surface area contributed by atoms with Crippen LogP contribution in [0.2, 0.25) is 0 Å². The highest BCUT2D eigenvalue weighted by Crippen LogP contribution is 2.37. The van der Waals surface area contributed by atoms with Crippen LogP contribution in [0, 0.1) is 10.1 Å². The van der Waals surface area contributed by atoms with E-state index in [1.807, 2.05) is 0 Å². The van der Waals surface area contributed by atoms with Crippen molar-refractivity contribution in [3.8, 4) is 5.75 Å². The number of aromatic nitrogens is 1. The second-order valence-corrected chi connectivity index (χ2v) is 2.57. The Bertz CT molecular complexity index is 397. The van der Waals surface area contributed by atoms with E-state index in [0.29, 0.717) is 6.20 Å². The van der Waals surface area contributed by atoms with Crippen molar-refractivity contribution in [1.29, 1.82) is 0 Å². The van der Waals surface area contributed by atoms with Gasteiger partial charge in [0.25, 0.3) is 12.1 Å². The number of nitrogens with zero attached hydrogens (tertiary/aromatic N) is 2. The summed E-state index contributed by atoms with van der Waals surface area (Å²) in [6.07, 6.45) is -2.63. The highest BCUT2D eigenvalue weighted by atomic mass is 19.3. The van der Waals surface area contributed by atoms with Gasteiger partial charge in [0.1, 0.15) is 17.5 Å². The van der Waals surface area contributed by atoms with Crippen molar-refractivity contribution in [2.45, 2.75) is 13.0 Å². The third-order valence-corrected chi connectivity index (χ3v) is 1.71. The minimum Gasteiger partial charge on any atom is -0.505 e. The van der Waals surface area contributed by atoms with Gasteiger partial charge in [0.05, 0.1) is 11.5 Å². The summed E-state index contributed by atoms with van der Waals surface area (Å²) in [5.74, 6) is -1.04. The number of hydrogen-bond donors (Lipinski definition) is 2. The Morgan fingerprint density at radius 1 is 1.60 bits per heavy atom. The van der Waals surface area contributed by atoms with Crippen LogP contribution in [0.25, 0.3) is 0 Å². The molecule has 8 heteroatoms. The smallest absolute Gasteiger partial charge is 0.300 e. The molecular formula is C7H6F2N2O4. The summed E-state index contributed by atoms with van der Waals surface area (Å²) in [6.45, 7) is -0.774. The summed E-state index contributed by atoms with van der Waals surface area (Å²) >= 11 is 0. The Hall–Kier alpha value is -1.83. The highest BCUT2D eigenvalue weighted by molar-refractivity contribution is 5.50. The molecule has 0 spiro atoms. The topological polar surface area (TPSA) is 96.5 Å². The molecule has 0 aromatic carbocycles. The summed E-state index contributed by atoms with van der Waals surface area (Å²) in [7, 11) is 0. The monoisotopic (exact) mass is 220 g/mol. The van der Waals surface area contributed by atoms with Crippen LogP contribution < -0.4 is 0 Å². The number of halogens is 2. The highest BCUT2D eigenvalue weighted by Gasteiger charge is 2.28. The van der Waals surface area contributed by atoms with Crippen molar-refractivity contribution < 1.29 is 23.9 Å². The fourth-order valence-electron chi connectivity index (χ4n) is 1.02. The number of aliphatic hydroxyl groups excluding tert-OH is 1. The van der Waals surface area contributed by atoms with Crippen LogP contribution in [0.15, 0.2) is 6.20 Å². The molecule has 0 aliphatic carbocycles. The number of nitro groups is 1. The minimum absolute atomic E-state index is 0.420. The largest absolute Gasteiger partial charge is 0.505 e. The molecular weight excluding hydrogens is 214 g/mol. The van der Waals surface area contributed by atoms with Crippen molar-refractivity contribution in [3.05, 3.63) is 27.6 Å². The van der Waals surface area contributed by atoms with Crippen molar-refractivity contribution in [2.24, 2.45) is 0 Å². The second-order valence-electron chi connectivity index (χ2n) is 2.57. The minimum atomic E-state index is -3.21. The first kappa shape index (κ1) is 11.2. The lowest BCUT2D eigenvalue weighted by Crippen LogP contribution is -2.01. The Kier molecular flexibility index (Phi) is 3.10. The Morgan fingerprint density at radius 2 is 2.20 bits per heavy atom. The van der Waals surface area contributed by atoms with Crippen LogP contribution >= 0.6 is 0 Å². The van der Waals surface area contributed by atoms with Gasteiger partial charge in [-0.15, -0.1) is 0 Å². The van der Waals surface area contributed by atoms with Crippen molar-refractivity contribution >= 4 is 5.69 Å². The SMILES string of the molecule is O=[N+]([O-])c1cnc(CO)c(O)c1C(F)F. The fourth-order valence-corrected chi connectivity index (χ4v) is 1.02. The summed E-state index contributed by atoms with van der Waals surface area (Å²) in [5, 5.41) is 28.1. The van der Waals surface area contributed by atoms with Crippen molar-refractivity contribution in [3.63, 3.8) is 0 Å². The summed E-state index contributed by atoms with van der Waals surface area (Å²) < 4.78 is 24.8. The molecule has 6 nitrogen and oxygen atoms in total. The molecule has 2 N–H and O–H groups in total. The molecule has 15 heavy (non-hydrogen) atoms. The molecule has 1 heterocycles. The molecule has 0 unspecified atom stereocenters. The van der Waals surface area contributed by atoms with Crippen LogP contribution in [0.5, 0.6) is 5.75 Å². The molecule has 1 aromatic heterocycles. The zero-order valence-corrected chi connectivity index (χ0v) is 7.22. The fraction of sp³-hybridized carbons (Fsp3) is 0.286. The van der Waals surface area contributed by atoms with E-state index in [4.69, 9.17) is 5.11 Å². The van der Waals surface area contributed by atoms with E-state index in [-0.39, 0.29) is 0 Å². The van der Waals surface area contributed by atoms with E-state index in [0.717, 1.165) is 0 Å². The number of rotatable bonds is 3. The van der Waals surface area contributed by atoms with Crippen LogP contribution in [0.1, 0.15) is 17.7 Å². The van der Waals surface area contributed by atoms with E-state index in [9.17, 15) is 24.0 Å². The average molecular weight is 220 g/mol. The molecule has 0 bridgehead atoms. The molecule has 0 saturated heterocycles. The molecule has 1 aromatic rings. The van der Waals surface area contributed by atoms with E-state index < -0.39 is 40.6 Å². The third kappa shape index (κ3) is 1.99. The zero-order chi connectivity index (χ0) is 11.6. The lowest BCUT2D eigenvalue weighted by molar-refractivity contribution is -0.386. The maximum atomic E-state index is 12.4. The van der Waals surface area contributed by atoms with Gasteiger partial charge in [0, 0.05) is 0 Å². The first-order chi connectivity index (χ1) is 6.99. The quantitative estimate of drug-likeness (QED) is 0.587. The summed E-state index contributed by atoms with van der Waals surface area (Å²) in [5.41, 5.74) is -2.52. The molecule has 0 radical (unpaired) electrons. The molecule has 0 aliphatic rings. The third-order valence-electron chi connectivity index (χ3n) is 1.71. The molecule has 0 aliphatic heterocycles. The van der Waals surface area contributed by atoms with E-state index in [2.05, 4.69) is 4.98 Å². The standard InChI is InChI=1S/C7H6F2N2O4/c8-7(9)5-4(11(14)15)1-10-3(2-12)6(5)13/h1,7,12-13H,2H2. The van der Waals surface area contributed by atoms with Crippen molar-refractivity contribution in [1.82, 2.24) is 4.98 Å². The predicted molar refractivity (Wildman–Crippen MR) is 43.4 cm³/mol. The Labute approximate surface area is 82.0 Å². The number of aromatic hydroxyl groups is 1. The number of hydrogen-bond acceptors (Lipinski definition) is 5. The van der Waals surface area contributed by atoms with Gasteiger partial charge in [-0.2, -0.15) is 0 Å². The molecule has 0 atom stereocenters. The Balaban J connectivity index is 3.44. The van der Waals surface area contributed by atoms with Gasteiger partial charge in [-0.05, 0) is 0 Å². The van der Waals surface area contributed by atoms with Gasteiger partial charge in [0.15, 0.2) is 5.75 Å².